The first-order chi connectivity index (χ1) is 5.35. The van der Waals surface area contributed by atoms with Gasteiger partial charge in [0.15, 0.2) is 0 Å². The van der Waals surface area contributed by atoms with Crippen LogP contribution in [0.2, 0.25) is 0 Å². The van der Waals surface area contributed by atoms with Crippen molar-refractivity contribution < 1.29 is 4.79 Å². The van der Waals surface area contributed by atoms with Gasteiger partial charge in [-0.3, -0.25) is 4.79 Å². The average molecular weight is 170 g/mol. The molecule has 0 aromatic carbocycles. The van der Waals surface area contributed by atoms with Crippen molar-refractivity contribution in [2.45, 2.75) is 53.9 Å². The number of carbonyl (C=O) groups excluding carboxylic acids is 1. The van der Waals surface area contributed by atoms with Gasteiger partial charge >= 0.3 is 0 Å². The van der Waals surface area contributed by atoms with Gasteiger partial charge < -0.3 is 0 Å². The zero-order chi connectivity index (χ0) is 9.78. The Bertz CT molecular complexity index is 142. The molecule has 72 valence electrons. The smallest absolute Gasteiger partial charge is 0.132 e. The number of hydrogen-bond acceptors (Lipinski definition) is 1. The molecular weight excluding hydrogens is 148 g/mol. The highest BCUT2D eigenvalue weighted by atomic mass is 16.1. The summed E-state index contributed by atoms with van der Waals surface area (Å²) in [6.45, 7) is 10.8. The van der Waals surface area contributed by atoms with E-state index in [2.05, 4.69) is 27.7 Å². The quantitative estimate of drug-likeness (QED) is 0.631. The maximum atomic E-state index is 11.1. The highest BCUT2D eigenvalue weighted by molar-refractivity contribution is 5.78. The number of carbonyl (C=O) groups is 1. The summed E-state index contributed by atoms with van der Waals surface area (Å²) >= 11 is 0. The standard InChI is InChI=1S/C11H22O/c1-6-10(12)7-9(2)8-11(3,4)5/h9H,6-8H2,1-5H3/t9-/m0/s1. The Morgan fingerprint density at radius 3 is 2.17 bits per heavy atom. The molecule has 1 heteroatoms. The molecule has 0 saturated carbocycles. The van der Waals surface area contributed by atoms with Crippen LogP contribution in [0.4, 0.5) is 0 Å². The second-order valence-corrected chi connectivity index (χ2v) is 4.97. The molecule has 1 nitrogen and oxygen atoms in total. The molecule has 1 atom stereocenters. The number of rotatable bonds is 4. The summed E-state index contributed by atoms with van der Waals surface area (Å²) in [6.07, 6.45) is 2.58. The minimum atomic E-state index is 0.355. The summed E-state index contributed by atoms with van der Waals surface area (Å²) in [5.74, 6) is 0.934. The van der Waals surface area contributed by atoms with Gasteiger partial charge in [-0.05, 0) is 17.8 Å². The van der Waals surface area contributed by atoms with Crippen LogP contribution < -0.4 is 0 Å². The summed E-state index contributed by atoms with van der Waals surface area (Å²) in [5.41, 5.74) is 0.355. The number of Topliss-reactive ketones (excluding diaryl/α,β-unsaturated/α-hetero) is 1. The summed E-state index contributed by atoms with van der Waals surface area (Å²) in [6, 6.07) is 0. The average Bonchev–Trinajstić information content (AvgIpc) is 1.82. The molecule has 0 bridgehead atoms. The Morgan fingerprint density at radius 1 is 1.33 bits per heavy atom. The molecule has 0 aromatic heterocycles. The van der Waals surface area contributed by atoms with Crippen LogP contribution in [0.15, 0.2) is 0 Å². The minimum Gasteiger partial charge on any atom is -0.300 e. The van der Waals surface area contributed by atoms with E-state index in [4.69, 9.17) is 0 Å². The Labute approximate surface area is 76.6 Å². The first-order valence-electron chi connectivity index (χ1n) is 4.87. The highest BCUT2D eigenvalue weighted by Gasteiger charge is 2.16. The van der Waals surface area contributed by atoms with Crippen LogP contribution >= 0.6 is 0 Å². The van der Waals surface area contributed by atoms with Crippen molar-refractivity contribution in [2.24, 2.45) is 11.3 Å². The van der Waals surface area contributed by atoms with Crippen molar-refractivity contribution in [3.63, 3.8) is 0 Å². The molecule has 0 unspecified atom stereocenters. The summed E-state index contributed by atoms with van der Waals surface area (Å²) in [7, 11) is 0. The molecule has 12 heavy (non-hydrogen) atoms. The van der Waals surface area contributed by atoms with E-state index in [1.165, 1.54) is 0 Å². The van der Waals surface area contributed by atoms with Crippen LogP contribution in [0.1, 0.15) is 53.9 Å². The Hall–Kier alpha value is -0.330. The predicted molar refractivity (Wildman–Crippen MR) is 53.2 cm³/mol. The first-order valence-corrected chi connectivity index (χ1v) is 4.87. The lowest BCUT2D eigenvalue weighted by atomic mass is 9.83. The number of ketones is 1. The SMILES string of the molecule is CCC(=O)C[C@H](C)CC(C)(C)C. The van der Waals surface area contributed by atoms with Gasteiger partial charge in [0, 0.05) is 12.8 Å². The zero-order valence-electron chi connectivity index (χ0n) is 9.11. The van der Waals surface area contributed by atoms with Crippen molar-refractivity contribution in [3.8, 4) is 0 Å². The van der Waals surface area contributed by atoms with Crippen LogP contribution in [0.25, 0.3) is 0 Å². The van der Waals surface area contributed by atoms with Gasteiger partial charge in [-0.1, -0.05) is 34.6 Å². The third kappa shape index (κ3) is 6.38. The zero-order valence-corrected chi connectivity index (χ0v) is 9.11. The van der Waals surface area contributed by atoms with Crippen molar-refractivity contribution in [1.82, 2.24) is 0 Å². The second-order valence-electron chi connectivity index (χ2n) is 4.97. The van der Waals surface area contributed by atoms with Gasteiger partial charge in [0.25, 0.3) is 0 Å². The molecule has 0 spiro atoms. The van der Waals surface area contributed by atoms with Gasteiger partial charge in [-0.2, -0.15) is 0 Å². The molecule has 0 saturated heterocycles. The largest absolute Gasteiger partial charge is 0.300 e. The molecule has 0 rings (SSSR count). The third-order valence-corrected chi connectivity index (χ3v) is 1.93. The van der Waals surface area contributed by atoms with Crippen molar-refractivity contribution >= 4 is 5.78 Å². The lowest BCUT2D eigenvalue weighted by Crippen LogP contribution is -2.13. The van der Waals surface area contributed by atoms with Crippen molar-refractivity contribution in [1.29, 1.82) is 0 Å². The van der Waals surface area contributed by atoms with Gasteiger partial charge in [0.2, 0.25) is 0 Å². The van der Waals surface area contributed by atoms with E-state index in [1.54, 1.807) is 0 Å². The van der Waals surface area contributed by atoms with Gasteiger partial charge in [-0.25, -0.2) is 0 Å². The molecule has 0 amide bonds. The third-order valence-electron chi connectivity index (χ3n) is 1.93. The molecule has 0 aliphatic heterocycles. The first kappa shape index (κ1) is 11.7. The van der Waals surface area contributed by atoms with Crippen LogP contribution in [0, 0.1) is 11.3 Å². The lowest BCUT2D eigenvalue weighted by molar-refractivity contribution is -0.119. The summed E-state index contributed by atoms with van der Waals surface area (Å²) < 4.78 is 0. The monoisotopic (exact) mass is 170 g/mol. The molecule has 0 aliphatic rings. The fraction of sp³-hybridized carbons (Fsp3) is 0.909. The van der Waals surface area contributed by atoms with Crippen molar-refractivity contribution in [2.75, 3.05) is 0 Å². The molecule has 0 radical (unpaired) electrons. The van der Waals surface area contributed by atoms with Crippen LogP contribution in [-0.2, 0) is 4.79 Å². The highest BCUT2D eigenvalue weighted by Crippen LogP contribution is 2.26. The predicted octanol–water partition coefficient (Wildman–Crippen LogP) is 3.43. The fourth-order valence-corrected chi connectivity index (χ4v) is 1.65. The second kappa shape index (κ2) is 4.64. The molecule has 0 aromatic rings. The lowest BCUT2D eigenvalue weighted by Gasteiger charge is -2.22. The topological polar surface area (TPSA) is 17.1 Å². The van der Waals surface area contributed by atoms with Crippen LogP contribution in [0.5, 0.6) is 0 Å². The molecule has 0 aliphatic carbocycles. The molecular formula is C11H22O. The van der Waals surface area contributed by atoms with Gasteiger partial charge in [0.05, 0.1) is 0 Å². The van der Waals surface area contributed by atoms with E-state index in [0.717, 1.165) is 12.8 Å². The number of hydrogen-bond donors (Lipinski definition) is 0. The minimum absolute atomic E-state index is 0.355. The van der Waals surface area contributed by atoms with Crippen LogP contribution in [0.3, 0.4) is 0 Å². The summed E-state index contributed by atoms with van der Waals surface area (Å²) in [5, 5.41) is 0. The maximum Gasteiger partial charge on any atom is 0.132 e. The Kier molecular flexibility index (Phi) is 4.51. The van der Waals surface area contributed by atoms with Gasteiger partial charge in [0.1, 0.15) is 5.78 Å². The fourth-order valence-electron chi connectivity index (χ4n) is 1.65. The molecule has 0 N–H and O–H groups in total. The van der Waals surface area contributed by atoms with E-state index in [-0.39, 0.29) is 0 Å². The van der Waals surface area contributed by atoms with E-state index in [9.17, 15) is 4.79 Å². The normalized spacial score (nSPS) is 14.4. The van der Waals surface area contributed by atoms with E-state index in [1.807, 2.05) is 6.92 Å². The maximum absolute atomic E-state index is 11.1. The van der Waals surface area contributed by atoms with E-state index in [0.29, 0.717) is 23.5 Å². The van der Waals surface area contributed by atoms with Gasteiger partial charge in [-0.15, -0.1) is 0 Å². The Balaban J connectivity index is 3.74. The Morgan fingerprint density at radius 2 is 1.83 bits per heavy atom. The van der Waals surface area contributed by atoms with E-state index < -0.39 is 0 Å². The summed E-state index contributed by atoms with van der Waals surface area (Å²) in [4.78, 5) is 11.1. The van der Waals surface area contributed by atoms with E-state index >= 15 is 0 Å². The van der Waals surface area contributed by atoms with Crippen LogP contribution in [-0.4, -0.2) is 5.78 Å². The molecule has 0 heterocycles. The molecule has 0 fully saturated rings. The van der Waals surface area contributed by atoms with Crippen molar-refractivity contribution in [3.05, 3.63) is 0 Å².